The molecule has 0 aliphatic rings. The second kappa shape index (κ2) is 4.67. The quantitative estimate of drug-likeness (QED) is 0.575. The molecule has 0 fully saturated rings. The van der Waals surface area contributed by atoms with E-state index in [9.17, 15) is 17.6 Å². The highest BCUT2D eigenvalue weighted by Crippen LogP contribution is 2.39. The minimum atomic E-state index is -3.92. The van der Waals surface area contributed by atoms with E-state index in [1.165, 1.54) is 0 Å². The summed E-state index contributed by atoms with van der Waals surface area (Å²) in [6.07, 6.45) is 0. The zero-order chi connectivity index (χ0) is 10.6. The van der Waals surface area contributed by atoms with Gasteiger partial charge in [0.15, 0.2) is 0 Å². The minimum absolute atomic E-state index is 0.229. The van der Waals surface area contributed by atoms with Crippen molar-refractivity contribution in [3.8, 4) is 0 Å². The summed E-state index contributed by atoms with van der Waals surface area (Å²) in [4.78, 5) is 0. The van der Waals surface area contributed by atoms with Crippen LogP contribution in [0, 0.1) is 5.92 Å². The molecule has 0 atom stereocenters. The fourth-order valence-electron chi connectivity index (χ4n) is 0.507. The summed E-state index contributed by atoms with van der Waals surface area (Å²) in [6.45, 7) is 6.36. The molecule has 76 valence electrons. The van der Waals surface area contributed by atoms with Crippen molar-refractivity contribution in [2.45, 2.75) is 46.5 Å². The Balaban J connectivity index is 0. The Hall–Kier alpha value is -0.280. The molecule has 0 spiro atoms. The predicted molar refractivity (Wildman–Crippen MR) is 41.8 cm³/mol. The van der Waals surface area contributed by atoms with Crippen LogP contribution in [-0.4, -0.2) is 11.8 Å². The van der Waals surface area contributed by atoms with E-state index >= 15 is 0 Å². The van der Waals surface area contributed by atoms with Crippen molar-refractivity contribution in [3.05, 3.63) is 0 Å². The fourth-order valence-corrected chi connectivity index (χ4v) is 0.507. The number of hydrogen-bond donors (Lipinski definition) is 0. The Labute approximate surface area is 71.0 Å². The van der Waals surface area contributed by atoms with Gasteiger partial charge in [-0.05, 0) is 0 Å². The molecule has 4 heteroatoms. The summed E-state index contributed by atoms with van der Waals surface area (Å²) in [7, 11) is 0. The van der Waals surface area contributed by atoms with Crippen LogP contribution in [0.1, 0.15) is 34.6 Å². The van der Waals surface area contributed by atoms with Gasteiger partial charge in [0.2, 0.25) is 0 Å². The smallest absolute Gasteiger partial charge is 0.200 e. The standard InChI is InChI=1S/C6H10F4.C2H6/c1-4(2)6(9,10)5(3,7)8;1-2/h4H,1-3H3;1-2H3. The minimum Gasteiger partial charge on any atom is -0.200 e. The molecule has 0 nitrogen and oxygen atoms in total. The highest BCUT2D eigenvalue weighted by atomic mass is 19.3. The Kier molecular flexibility index (Phi) is 5.55. The molecule has 0 amide bonds. The first-order valence-electron chi connectivity index (χ1n) is 3.95. The SMILES string of the molecule is CC.CC(C)C(F)(F)C(C)(F)F. The predicted octanol–water partition coefficient (Wildman–Crippen LogP) is 3.96. The van der Waals surface area contributed by atoms with Crippen LogP contribution in [0.2, 0.25) is 0 Å². The maximum absolute atomic E-state index is 12.3. The molecule has 0 aromatic carbocycles. The van der Waals surface area contributed by atoms with Gasteiger partial charge in [0.1, 0.15) is 0 Å². The van der Waals surface area contributed by atoms with Crippen LogP contribution in [-0.2, 0) is 0 Å². The fraction of sp³-hybridized carbons (Fsp3) is 1.00. The lowest BCUT2D eigenvalue weighted by molar-refractivity contribution is -0.220. The van der Waals surface area contributed by atoms with Crippen molar-refractivity contribution >= 4 is 0 Å². The molecule has 0 saturated heterocycles. The van der Waals surface area contributed by atoms with Crippen molar-refractivity contribution in [1.82, 2.24) is 0 Å². The molecule has 0 aromatic rings. The third kappa shape index (κ3) is 3.41. The van der Waals surface area contributed by atoms with Gasteiger partial charge in [0.05, 0.1) is 0 Å². The molecule has 0 radical (unpaired) electrons. The first kappa shape index (κ1) is 14.3. The molecule has 0 aliphatic carbocycles. The van der Waals surface area contributed by atoms with E-state index in [-0.39, 0.29) is 6.92 Å². The van der Waals surface area contributed by atoms with Crippen LogP contribution in [0.25, 0.3) is 0 Å². The molecule has 0 aliphatic heterocycles. The second-order valence-electron chi connectivity index (χ2n) is 2.67. The highest BCUT2D eigenvalue weighted by molar-refractivity contribution is 4.82. The average molecular weight is 188 g/mol. The van der Waals surface area contributed by atoms with Gasteiger partial charge in [-0.1, -0.05) is 27.7 Å². The largest absolute Gasteiger partial charge is 0.312 e. The first-order chi connectivity index (χ1) is 5.19. The van der Waals surface area contributed by atoms with Gasteiger partial charge < -0.3 is 0 Å². The molecule has 0 bridgehead atoms. The van der Waals surface area contributed by atoms with Crippen LogP contribution >= 0.6 is 0 Å². The van der Waals surface area contributed by atoms with E-state index in [1.54, 1.807) is 0 Å². The summed E-state index contributed by atoms with van der Waals surface area (Å²) in [6, 6.07) is 0. The zero-order valence-corrected chi connectivity index (χ0v) is 8.09. The third-order valence-electron chi connectivity index (χ3n) is 1.31. The molecule has 12 heavy (non-hydrogen) atoms. The van der Waals surface area contributed by atoms with Crippen molar-refractivity contribution < 1.29 is 17.6 Å². The maximum atomic E-state index is 12.3. The van der Waals surface area contributed by atoms with Crippen molar-refractivity contribution in [2.75, 3.05) is 0 Å². The highest BCUT2D eigenvalue weighted by Gasteiger charge is 2.54. The first-order valence-corrected chi connectivity index (χ1v) is 3.95. The van der Waals surface area contributed by atoms with Gasteiger partial charge in [0.25, 0.3) is 0 Å². The molecular weight excluding hydrogens is 172 g/mol. The average Bonchev–Trinajstić information content (AvgIpc) is 1.89. The van der Waals surface area contributed by atoms with Crippen LogP contribution < -0.4 is 0 Å². The normalized spacial score (nSPS) is 12.5. The van der Waals surface area contributed by atoms with E-state index in [0.29, 0.717) is 0 Å². The Morgan fingerprint density at radius 3 is 1.17 bits per heavy atom. The number of hydrogen-bond acceptors (Lipinski definition) is 0. The number of alkyl halides is 4. The second-order valence-corrected chi connectivity index (χ2v) is 2.67. The molecule has 0 aromatic heterocycles. The van der Waals surface area contributed by atoms with Gasteiger partial charge >= 0.3 is 11.8 Å². The van der Waals surface area contributed by atoms with Crippen LogP contribution in [0.4, 0.5) is 17.6 Å². The van der Waals surface area contributed by atoms with Crippen molar-refractivity contribution in [2.24, 2.45) is 5.92 Å². The Morgan fingerprint density at radius 1 is 0.917 bits per heavy atom. The van der Waals surface area contributed by atoms with E-state index in [4.69, 9.17) is 0 Å². The van der Waals surface area contributed by atoms with Crippen LogP contribution in [0.3, 0.4) is 0 Å². The molecule has 0 rings (SSSR count). The van der Waals surface area contributed by atoms with Gasteiger partial charge in [-0.25, -0.2) is 8.78 Å². The topological polar surface area (TPSA) is 0 Å². The van der Waals surface area contributed by atoms with Crippen LogP contribution in [0.15, 0.2) is 0 Å². The molecule has 0 N–H and O–H groups in total. The summed E-state index contributed by atoms with van der Waals surface area (Å²) >= 11 is 0. The maximum Gasteiger partial charge on any atom is 0.312 e. The van der Waals surface area contributed by atoms with Crippen molar-refractivity contribution in [3.63, 3.8) is 0 Å². The molecule has 0 unspecified atom stereocenters. The van der Waals surface area contributed by atoms with E-state index in [1.807, 2.05) is 13.8 Å². The lowest BCUT2D eigenvalue weighted by Gasteiger charge is -2.26. The molecule has 0 saturated carbocycles. The third-order valence-corrected chi connectivity index (χ3v) is 1.31. The number of halogens is 4. The number of rotatable bonds is 2. The lowest BCUT2D eigenvalue weighted by atomic mass is 10.0. The van der Waals surface area contributed by atoms with E-state index < -0.39 is 17.8 Å². The van der Waals surface area contributed by atoms with Gasteiger partial charge in [-0.3, -0.25) is 0 Å². The monoisotopic (exact) mass is 188 g/mol. The van der Waals surface area contributed by atoms with Crippen LogP contribution in [0.5, 0.6) is 0 Å². The Bertz CT molecular complexity index is 113. The lowest BCUT2D eigenvalue weighted by Crippen LogP contribution is -2.42. The van der Waals surface area contributed by atoms with Gasteiger partial charge in [-0.2, -0.15) is 8.78 Å². The molecule has 0 heterocycles. The van der Waals surface area contributed by atoms with Gasteiger partial charge in [-0.15, -0.1) is 0 Å². The summed E-state index contributed by atoms with van der Waals surface area (Å²) < 4.78 is 48.6. The van der Waals surface area contributed by atoms with Gasteiger partial charge in [0, 0.05) is 12.8 Å². The Morgan fingerprint density at radius 2 is 1.17 bits per heavy atom. The zero-order valence-electron chi connectivity index (χ0n) is 8.09. The van der Waals surface area contributed by atoms with E-state index in [2.05, 4.69) is 0 Å². The van der Waals surface area contributed by atoms with Crippen molar-refractivity contribution in [1.29, 1.82) is 0 Å². The summed E-state index contributed by atoms with van der Waals surface area (Å²) in [5.74, 6) is -9.14. The summed E-state index contributed by atoms with van der Waals surface area (Å²) in [5.41, 5.74) is 0. The van der Waals surface area contributed by atoms with E-state index in [0.717, 1.165) is 13.8 Å². The molecular formula is C8H16F4. The summed E-state index contributed by atoms with van der Waals surface area (Å²) in [5, 5.41) is 0.